The summed E-state index contributed by atoms with van der Waals surface area (Å²) in [4.78, 5) is 14.8. The molecular weight excluding hydrogens is 256 g/mol. The number of rotatable bonds is 7. The normalized spacial score (nSPS) is 28.2. The predicted molar refractivity (Wildman–Crippen MR) is 84.5 cm³/mol. The Hall–Kier alpha value is -0.220. The van der Waals surface area contributed by atoms with E-state index in [-0.39, 0.29) is 22.4 Å². The van der Waals surface area contributed by atoms with E-state index in [0.717, 1.165) is 32.2 Å². The van der Waals surface area contributed by atoms with Gasteiger partial charge in [-0.2, -0.15) is 11.8 Å². The molecule has 0 aromatic heterocycles. The van der Waals surface area contributed by atoms with Gasteiger partial charge in [-0.3, -0.25) is 10.1 Å². The molecule has 1 fully saturated rings. The third-order valence-electron chi connectivity index (χ3n) is 4.87. The summed E-state index contributed by atoms with van der Waals surface area (Å²) in [5.74, 6) is 0.280. The fourth-order valence-corrected chi connectivity index (χ4v) is 3.71. The lowest BCUT2D eigenvalue weighted by Crippen LogP contribution is -2.46. The topological polar surface area (TPSA) is 32.3 Å². The third-order valence-corrected chi connectivity index (χ3v) is 6.44. The molecule has 1 N–H and O–H groups in total. The van der Waals surface area contributed by atoms with Crippen molar-refractivity contribution in [1.82, 2.24) is 10.2 Å². The number of carbonyl (C=O) groups excluding carboxylic acids is 1. The van der Waals surface area contributed by atoms with Gasteiger partial charge in [0.2, 0.25) is 5.91 Å². The molecule has 1 amide bonds. The van der Waals surface area contributed by atoms with Gasteiger partial charge in [0.05, 0.1) is 11.7 Å². The van der Waals surface area contributed by atoms with Crippen LogP contribution in [0.4, 0.5) is 0 Å². The van der Waals surface area contributed by atoms with E-state index in [0.29, 0.717) is 0 Å². The van der Waals surface area contributed by atoms with Gasteiger partial charge in [-0.15, -0.1) is 0 Å². The van der Waals surface area contributed by atoms with E-state index in [2.05, 4.69) is 44.2 Å². The van der Waals surface area contributed by atoms with Crippen LogP contribution in [-0.4, -0.2) is 40.1 Å². The summed E-state index contributed by atoms with van der Waals surface area (Å²) in [5.41, 5.74) is -0.369. The Morgan fingerprint density at radius 1 is 1.32 bits per heavy atom. The summed E-state index contributed by atoms with van der Waals surface area (Å²) in [6.45, 7) is 11.6. The standard InChI is InChI=1S/C15H30N2OS/c1-7-12-16-14(5,8-2)13(18)17(12)11-15(9-3,10-4)19-6/h12,16H,7-11H2,1-6H3. The number of amides is 1. The van der Waals surface area contributed by atoms with Crippen LogP contribution in [0, 0.1) is 0 Å². The molecule has 1 aliphatic heterocycles. The lowest BCUT2D eigenvalue weighted by molar-refractivity contribution is -0.133. The molecule has 0 aromatic rings. The molecule has 19 heavy (non-hydrogen) atoms. The highest BCUT2D eigenvalue weighted by Gasteiger charge is 2.47. The van der Waals surface area contributed by atoms with Crippen molar-refractivity contribution in [2.75, 3.05) is 12.8 Å². The monoisotopic (exact) mass is 286 g/mol. The van der Waals surface area contributed by atoms with Crippen LogP contribution in [0.3, 0.4) is 0 Å². The molecule has 1 aliphatic rings. The highest BCUT2D eigenvalue weighted by atomic mass is 32.2. The Labute approximate surface area is 122 Å². The van der Waals surface area contributed by atoms with Gasteiger partial charge in [-0.1, -0.05) is 27.7 Å². The molecule has 0 aromatic carbocycles. The van der Waals surface area contributed by atoms with E-state index < -0.39 is 0 Å². The smallest absolute Gasteiger partial charge is 0.243 e. The number of hydrogen-bond donors (Lipinski definition) is 1. The summed E-state index contributed by atoms with van der Waals surface area (Å²) >= 11 is 1.90. The predicted octanol–water partition coefficient (Wildman–Crippen LogP) is 3.24. The second-order valence-corrected chi connectivity index (χ2v) is 7.06. The molecule has 1 heterocycles. The summed E-state index contributed by atoms with van der Waals surface area (Å²) in [6.07, 6.45) is 6.40. The maximum Gasteiger partial charge on any atom is 0.243 e. The quantitative estimate of drug-likeness (QED) is 0.780. The van der Waals surface area contributed by atoms with Crippen molar-refractivity contribution in [2.45, 2.75) is 76.8 Å². The van der Waals surface area contributed by atoms with E-state index in [1.54, 1.807) is 0 Å². The first-order valence-corrected chi connectivity index (χ1v) is 8.78. The highest BCUT2D eigenvalue weighted by Crippen LogP contribution is 2.35. The Balaban J connectivity index is 2.95. The maximum absolute atomic E-state index is 12.7. The van der Waals surface area contributed by atoms with Crippen molar-refractivity contribution in [3.63, 3.8) is 0 Å². The number of nitrogens with zero attached hydrogens (tertiary/aromatic N) is 1. The highest BCUT2D eigenvalue weighted by molar-refractivity contribution is 8.00. The molecule has 3 nitrogen and oxygen atoms in total. The Morgan fingerprint density at radius 2 is 1.89 bits per heavy atom. The van der Waals surface area contributed by atoms with Crippen LogP contribution in [0.25, 0.3) is 0 Å². The maximum atomic E-state index is 12.7. The lowest BCUT2D eigenvalue weighted by Gasteiger charge is -2.36. The fourth-order valence-electron chi connectivity index (χ4n) is 2.86. The lowest BCUT2D eigenvalue weighted by atomic mass is 9.97. The van der Waals surface area contributed by atoms with Gasteiger partial charge in [0.15, 0.2) is 0 Å². The van der Waals surface area contributed by atoms with Crippen LogP contribution in [0.15, 0.2) is 0 Å². The molecule has 112 valence electrons. The largest absolute Gasteiger partial charge is 0.324 e. The van der Waals surface area contributed by atoms with E-state index >= 15 is 0 Å². The minimum Gasteiger partial charge on any atom is -0.324 e. The second-order valence-electron chi connectivity index (χ2n) is 5.78. The van der Waals surface area contributed by atoms with Crippen LogP contribution in [0.1, 0.15) is 60.3 Å². The fraction of sp³-hybridized carbons (Fsp3) is 0.933. The number of thioether (sulfide) groups is 1. The SMILES string of the molecule is CCC1NC(C)(CC)C(=O)N1CC(CC)(CC)SC. The minimum atomic E-state index is -0.369. The van der Waals surface area contributed by atoms with Gasteiger partial charge in [-0.25, -0.2) is 0 Å². The molecule has 0 saturated carbocycles. The Kier molecular flexibility index (Phi) is 5.75. The van der Waals surface area contributed by atoms with Crippen molar-refractivity contribution >= 4 is 17.7 Å². The van der Waals surface area contributed by atoms with E-state index in [1.165, 1.54) is 0 Å². The van der Waals surface area contributed by atoms with Crippen molar-refractivity contribution in [2.24, 2.45) is 0 Å². The molecule has 2 atom stereocenters. The van der Waals surface area contributed by atoms with E-state index in [1.807, 2.05) is 18.7 Å². The van der Waals surface area contributed by atoms with Crippen LogP contribution < -0.4 is 5.32 Å². The summed E-state index contributed by atoms with van der Waals surface area (Å²) < 4.78 is 0.198. The summed E-state index contributed by atoms with van der Waals surface area (Å²) in [6, 6.07) is 0. The van der Waals surface area contributed by atoms with Gasteiger partial charge >= 0.3 is 0 Å². The zero-order valence-corrected chi connectivity index (χ0v) is 14.2. The second kappa shape index (κ2) is 6.49. The van der Waals surface area contributed by atoms with Gasteiger partial charge in [0.25, 0.3) is 0 Å². The molecule has 0 spiro atoms. The first-order valence-electron chi connectivity index (χ1n) is 7.55. The van der Waals surface area contributed by atoms with Crippen LogP contribution >= 0.6 is 11.8 Å². The molecular formula is C15H30N2OS. The number of nitrogens with one attached hydrogen (secondary N) is 1. The zero-order chi connectivity index (χ0) is 14.7. The first kappa shape index (κ1) is 16.8. The molecule has 4 heteroatoms. The van der Waals surface area contributed by atoms with Gasteiger partial charge in [0.1, 0.15) is 0 Å². The average Bonchev–Trinajstić information content (AvgIpc) is 2.69. The molecule has 1 saturated heterocycles. The van der Waals surface area contributed by atoms with Crippen LogP contribution in [0.5, 0.6) is 0 Å². The van der Waals surface area contributed by atoms with Crippen molar-refractivity contribution in [3.05, 3.63) is 0 Å². The molecule has 0 bridgehead atoms. The zero-order valence-electron chi connectivity index (χ0n) is 13.4. The Bertz CT molecular complexity index is 309. The van der Waals surface area contributed by atoms with Crippen LogP contribution in [0.2, 0.25) is 0 Å². The average molecular weight is 286 g/mol. The number of hydrogen-bond acceptors (Lipinski definition) is 3. The molecule has 0 aliphatic carbocycles. The molecule has 1 rings (SSSR count). The molecule has 2 unspecified atom stereocenters. The van der Waals surface area contributed by atoms with Gasteiger partial charge in [0, 0.05) is 11.3 Å². The summed E-state index contributed by atoms with van der Waals surface area (Å²) in [7, 11) is 0. The van der Waals surface area contributed by atoms with Gasteiger partial charge < -0.3 is 4.90 Å². The van der Waals surface area contributed by atoms with Crippen molar-refractivity contribution in [1.29, 1.82) is 0 Å². The van der Waals surface area contributed by atoms with Crippen LogP contribution in [-0.2, 0) is 4.79 Å². The van der Waals surface area contributed by atoms with Gasteiger partial charge in [-0.05, 0) is 38.9 Å². The first-order chi connectivity index (χ1) is 8.91. The minimum absolute atomic E-state index is 0.196. The van der Waals surface area contributed by atoms with Crippen molar-refractivity contribution in [3.8, 4) is 0 Å². The van der Waals surface area contributed by atoms with E-state index in [9.17, 15) is 4.79 Å². The summed E-state index contributed by atoms with van der Waals surface area (Å²) in [5, 5.41) is 3.53. The van der Waals surface area contributed by atoms with E-state index in [4.69, 9.17) is 0 Å². The number of carbonyl (C=O) groups is 1. The van der Waals surface area contributed by atoms with Crippen molar-refractivity contribution < 1.29 is 4.79 Å². The third kappa shape index (κ3) is 3.10. The molecule has 0 radical (unpaired) electrons. The Morgan fingerprint density at radius 3 is 2.26 bits per heavy atom.